The SMILES string of the molecule is Cc1ccccc1[C@H](NC(=O)N1CCC(F)(F)CC1)c1ccncc1. The molecule has 1 fully saturated rings. The quantitative estimate of drug-likeness (QED) is 0.916. The second kappa shape index (κ2) is 7.17. The van der Waals surface area contributed by atoms with Crippen LogP contribution >= 0.6 is 0 Å². The van der Waals surface area contributed by atoms with Crippen molar-refractivity contribution in [2.24, 2.45) is 0 Å². The maximum atomic E-state index is 13.3. The number of alkyl halides is 2. The lowest BCUT2D eigenvalue weighted by molar-refractivity contribution is -0.0470. The zero-order valence-corrected chi connectivity index (χ0v) is 14.1. The van der Waals surface area contributed by atoms with Crippen molar-refractivity contribution in [1.82, 2.24) is 15.2 Å². The molecular weight excluding hydrogens is 324 g/mol. The molecule has 0 unspecified atom stereocenters. The Morgan fingerprint density at radius 1 is 1.16 bits per heavy atom. The summed E-state index contributed by atoms with van der Waals surface area (Å²) in [5, 5.41) is 3.00. The first-order valence-corrected chi connectivity index (χ1v) is 8.35. The summed E-state index contributed by atoms with van der Waals surface area (Å²) in [6.07, 6.45) is 2.78. The number of rotatable bonds is 3. The maximum absolute atomic E-state index is 13.3. The Morgan fingerprint density at radius 2 is 1.80 bits per heavy atom. The van der Waals surface area contributed by atoms with Crippen molar-refractivity contribution in [3.63, 3.8) is 0 Å². The van der Waals surface area contributed by atoms with E-state index in [1.165, 1.54) is 4.90 Å². The number of halogens is 2. The Balaban J connectivity index is 1.81. The molecule has 25 heavy (non-hydrogen) atoms. The molecule has 1 atom stereocenters. The van der Waals surface area contributed by atoms with Gasteiger partial charge >= 0.3 is 6.03 Å². The van der Waals surface area contributed by atoms with Crippen LogP contribution in [0.5, 0.6) is 0 Å². The van der Waals surface area contributed by atoms with Crippen LogP contribution in [0.15, 0.2) is 48.8 Å². The number of benzene rings is 1. The van der Waals surface area contributed by atoms with E-state index in [2.05, 4.69) is 10.3 Å². The third-order valence-electron chi connectivity index (χ3n) is 4.59. The summed E-state index contributed by atoms with van der Waals surface area (Å²) in [4.78, 5) is 18.1. The number of aryl methyl sites for hydroxylation is 1. The normalized spacial score (nSPS) is 17.8. The molecule has 1 aromatic heterocycles. The minimum absolute atomic E-state index is 0.0651. The zero-order chi connectivity index (χ0) is 17.9. The fourth-order valence-electron chi connectivity index (χ4n) is 3.06. The molecular formula is C19H21F2N3O. The van der Waals surface area contributed by atoms with Gasteiger partial charge < -0.3 is 10.2 Å². The van der Waals surface area contributed by atoms with Gasteiger partial charge in [-0.2, -0.15) is 0 Å². The number of hydrogen-bond donors (Lipinski definition) is 1. The van der Waals surface area contributed by atoms with Crippen LogP contribution in [0.4, 0.5) is 13.6 Å². The minimum atomic E-state index is -2.67. The molecule has 0 saturated carbocycles. The number of amides is 2. The van der Waals surface area contributed by atoms with Crippen molar-refractivity contribution in [2.75, 3.05) is 13.1 Å². The molecule has 6 heteroatoms. The summed E-state index contributed by atoms with van der Waals surface area (Å²) in [5.74, 6) is -2.67. The lowest BCUT2D eigenvalue weighted by Crippen LogP contribution is -2.48. The first-order chi connectivity index (χ1) is 12.0. The van der Waals surface area contributed by atoms with E-state index < -0.39 is 5.92 Å². The second-order valence-corrected chi connectivity index (χ2v) is 6.36. The van der Waals surface area contributed by atoms with Gasteiger partial charge in [-0.3, -0.25) is 4.98 Å². The summed E-state index contributed by atoms with van der Waals surface area (Å²) >= 11 is 0. The lowest BCUT2D eigenvalue weighted by atomic mass is 9.96. The Hall–Kier alpha value is -2.50. The Labute approximate surface area is 145 Å². The summed E-state index contributed by atoms with van der Waals surface area (Å²) < 4.78 is 26.6. The summed E-state index contributed by atoms with van der Waals surface area (Å²) in [7, 11) is 0. The number of nitrogens with zero attached hydrogens (tertiary/aromatic N) is 2. The predicted molar refractivity (Wildman–Crippen MR) is 91.5 cm³/mol. The zero-order valence-electron chi connectivity index (χ0n) is 14.1. The fourth-order valence-corrected chi connectivity index (χ4v) is 3.06. The molecule has 0 radical (unpaired) electrons. The average molecular weight is 345 g/mol. The van der Waals surface area contributed by atoms with Gasteiger partial charge in [0.15, 0.2) is 0 Å². The number of piperidine rings is 1. The highest BCUT2D eigenvalue weighted by atomic mass is 19.3. The van der Waals surface area contributed by atoms with Gasteiger partial charge in [0.1, 0.15) is 0 Å². The largest absolute Gasteiger partial charge is 0.327 e. The average Bonchev–Trinajstić information content (AvgIpc) is 2.61. The molecule has 0 bridgehead atoms. The van der Waals surface area contributed by atoms with Gasteiger partial charge in [-0.05, 0) is 35.7 Å². The highest BCUT2D eigenvalue weighted by Gasteiger charge is 2.36. The monoisotopic (exact) mass is 345 g/mol. The van der Waals surface area contributed by atoms with Crippen molar-refractivity contribution in [3.05, 3.63) is 65.5 Å². The standard InChI is InChI=1S/C19H21F2N3O/c1-14-4-2-3-5-16(14)17(15-6-10-22-11-7-15)23-18(25)24-12-8-19(20,21)9-13-24/h2-7,10-11,17H,8-9,12-13H2,1H3,(H,23,25)/t17-/m1/s1. The molecule has 2 heterocycles. The van der Waals surface area contributed by atoms with Crippen molar-refractivity contribution in [2.45, 2.75) is 31.7 Å². The fraction of sp³-hybridized carbons (Fsp3) is 0.368. The van der Waals surface area contributed by atoms with Crippen LogP contribution in [0.2, 0.25) is 0 Å². The molecule has 0 spiro atoms. The molecule has 3 rings (SSSR count). The Kier molecular flexibility index (Phi) is 4.97. The van der Waals surface area contributed by atoms with Gasteiger partial charge in [-0.25, -0.2) is 13.6 Å². The molecule has 132 valence electrons. The van der Waals surface area contributed by atoms with Crippen molar-refractivity contribution >= 4 is 6.03 Å². The molecule has 1 aliphatic rings. The number of urea groups is 1. The summed E-state index contributed by atoms with van der Waals surface area (Å²) in [6, 6.07) is 10.8. The third kappa shape index (κ3) is 4.13. The predicted octanol–water partition coefficient (Wildman–Crippen LogP) is 3.92. The van der Waals surface area contributed by atoms with Crippen LogP contribution in [-0.2, 0) is 0 Å². The van der Waals surface area contributed by atoms with Gasteiger partial charge in [-0.15, -0.1) is 0 Å². The van der Waals surface area contributed by atoms with Crippen LogP contribution in [-0.4, -0.2) is 34.9 Å². The second-order valence-electron chi connectivity index (χ2n) is 6.36. The molecule has 1 aliphatic heterocycles. The van der Waals surface area contributed by atoms with E-state index in [-0.39, 0.29) is 38.0 Å². The molecule has 0 aliphatic carbocycles. The Morgan fingerprint density at radius 3 is 2.44 bits per heavy atom. The number of hydrogen-bond acceptors (Lipinski definition) is 2. The number of pyridine rings is 1. The Bertz CT molecular complexity index is 726. The maximum Gasteiger partial charge on any atom is 0.318 e. The number of carbonyl (C=O) groups excluding carboxylic acids is 1. The van der Waals surface area contributed by atoms with Crippen LogP contribution in [0, 0.1) is 6.92 Å². The van der Waals surface area contributed by atoms with Crippen molar-refractivity contribution in [1.29, 1.82) is 0 Å². The highest BCUT2D eigenvalue weighted by Crippen LogP contribution is 2.29. The third-order valence-corrected chi connectivity index (χ3v) is 4.59. The molecule has 1 aromatic carbocycles. The number of carbonyl (C=O) groups is 1. The summed E-state index contributed by atoms with van der Waals surface area (Å²) in [6.45, 7) is 2.11. The van der Waals surface area contributed by atoms with Crippen LogP contribution < -0.4 is 5.32 Å². The van der Waals surface area contributed by atoms with E-state index >= 15 is 0 Å². The number of likely N-dealkylation sites (tertiary alicyclic amines) is 1. The first kappa shape index (κ1) is 17.3. The van der Waals surface area contributed by atoms with Crippen LogP contribution in [0.25, 0.3) is 0 Å². The number of nitrogens with one attached hydrogen (secondary N) is 1. The lowest BCUT2D eigenvalue weighted by Gasteiger charge is -2.33. The molecule has 2 aromatic rings. The van der Waals surface area contributed by atoms with Gasteiger partial charge in [0.05, 0.1) is 6.04 Å². The minimum Gasteiger partial charge on any atom is -0.327 e. The van der Waals surface area contributed by atoms with E-state index in [4.69, 9.17) is 0 Å². The van der Waals surface area contributed by atoms with E-state index in [0.29, 0.717) is 0 Å². The molecule has 1 N–H and O–H groups in total. The van der Waals surface area contributed by atoms with Crippen LogP contribution in [0.1, 0.15) is 35.6 Å². The van der Waals surface area contributed by atoms with Crippen molar-refractivity contribution in [3.8, 4) is 0 Å². The van der Waals surface area contributed by atoms with E-state index in [1.807, 2.05) is 43.3 Å². The van der Waals surface area contributed by atoms with Gasteiger partial charge in [0.2, 0.25) is 0 Å². The highest BCUT2D eigenvalue weighted by molar-refractivity contribution is 5.75. The van der Waals surface area contributed by atoms with E-state index in [9.17, 15) is 13.6 Å². The smallest absolute Gasteiger partial charge is 0.318 e. The molecule has 2 amide bonds. The van der Waals surface area contributed by atoms with Crippen LogP contribution in [0.3, 0.4) is 0 Å². The molecule has 4 nitrogen and oxygen atoms in total. The van der Waals surface area contributed by atoms with Gasteiger partial charge in [0.25, 0.3) is 5.92 Å². The number of aromatic nitrogens is 1. The van der Waals surface area contributed by atoms with Gasteiger partial charge in [0, 0.05) is 38.3 Å². The van der Waals surface area contributed by atoms with Crippen molar-refractivity contribution < 1.29 is 13.6 Å². The summed E-state index contributed by atoms with van der Waals surface area (Å²) in [5.41, 5.74) is 2.93. The topological polar surface area (TPSA) is 45.2 Å². The molecule has 1 saturated heterocycles. The first-order valence-electron chi connectivity index (χ1n) is 8.35. The van der Waals surface area contributed by atoms with Gasteiger partial charge in [-0.1, -0.05) is 24.3 Å². The van der Waals surface area contributed by atoms with E-state index in [0.717, 1.165) is 16.7 Å². The van der Waals surface area contributed by atoms with E-state index in [1.54, 1.807) is 12.4 Å².